The molecule has 9 heteroatoms. The van der Waals surface area contributed by atoms with Crippen molar-refractivity contribution in [1.29, 1.82) is 0 Å². The lowest BCUT2D eigenvalue weighted by molar-refractivity contribution is -0.115. The Morgan fingerprint density at radius 3 is 2.45 bits per heavy atom. The van der Waals surface area contributed by atoms with Crippen LogP contribution in [0.15, 0.2) is 66.3 Å². The first-order valence-corrected chi connectivity index (χ1v) is 11.3. The molecule has 1 heterocycles. The Labute approximate surface area is 198 Å². The molecule has 1 N–H and O–H groups in total. The van der Waals surface area contributed by atoms with Crippen LogP contribution in [0.3, 0.4) is 0 Å². The number of rotatable bonds is 11. The van der Waals surface area contributed by atoms with E-state index in [0.717, 1.165) is 5.75 Å². The number of anilines is 1. The van der Waals surface area contributed by atoms with Crippen molar-refractivity contribution in [2.24, 2.45) is 0 Å². The van der Waals surface area contributed by atoms with E-state index in [1.54, 1.807) is 44.6 Å². The van der Waals surface area contributed by atoms with Crippen molar-refractivity contribution in [2.75, 3.05) is 19.5 Å². The van der Waals surface area contributed by atoms with Gasteiger partial charge in [-0.15, -0.1) is 16.8 Å². The number of carbonyl (C=O) groups excluding carboxylic acids is 1. The number of nitrogens with zero attached hydrogens (tertiary/aromatic N) is 3. The number of benzene rings is 2. The van der Waals surface area contributed by atoms with Gasteiger partial charge in [-0.1, -0.05) is 23.9 Å². The van der Waals surface area contributed by atoms with Gasteiger partial charge < -0.3 is 19.5 Å². The monoisotopic (exact) mass is 468 g/mol. The van der Waals surface area contributed by atoms with Crippen LogP contribution in [0.4, 0.5) is 5.69 Å². The van der Waals surface area contributed by atoms with Gasteiger partial charge in [0.25, 0.3) is 0 Å². The van der Waals surface area contributed by atoms with Crippen LogP contribution in [0.5, 0.6) is 17.2 Å². The topological polar surface area (TPSA) is 87.5 Å². The van der Waals surface area contributed by atoms with E-state index >= 15 is 0 Å². The minimum Gasteiger partial charge on any atom is -0.497 e. The van der Waals surface area contributed by atoms with E-state index in [2.05, 4.69) is 22.1 Å². The number of hydrogen-bond acceptors (Lipinski definition) is 7. The fourth-order valence-corrected chi connectivity index (χ4v) is 3.92. The van der Waals surface area contributed by atoms with Crippen molar-refractivity contribution in [3.8, 4) is 17.2 Å². The molecule has 0 radical (unpaired) electrons. The molecule has 33 heavy (non-hydrogen) atoms. The lowest BCUT2D eigenvalue weighted by Crippen LogP contribution is -2.23. The highest BCUT2D eigenvalue weighted by molar-refractivity contribution is 8.00. The zero-order valence-electron chi connectivity index (χ0n) is 19.1. The van der Waals surface area contributed by atoms with Gasteiger partial charge in [-0.2, -0.15) is 0 Å². The molecule has 0 spiro atoms. The maximum Gasteiger partial charge on any atom is 0.237 e. The average Bonchev–Trinajstić information content (AvgIpc) is 3.22. The lowest BCUT2D eigenvalue weighted by Gasteiger charge is -2.17. The Balaban J connectivity index is 1.70. The molecular weight excluding hydrogens is 440 g/mol. The minimum atomic E-state index is -0.401. The Morgan fingerprint density at radius 1 is 1.09 bits per heavy atom. The van der Waals surface area contributed by atoms with Crippen LogP contribution >= 0.6 is 11.8 Å². The molecule has 2 unspecified atom stereocenters. The van der Waals surface area contributed by atoms with Crippen LogP contribution in [-0.2, 0) is 11.3 Å². The summed E-state index contributed by atoms with van der Waals surface area (Å²) in [6.45, 7) is 8.05. The lowest BCUT2D eigenvalue weighted by atomic mass is 10.3. The Bertz CT molecular complexity index is 1080. The van der Waals surface area contributed by atoms with Gasteiger partial charge in [0.15, 0.2) is 17.1 Å². The zero-order valence-corrected chi connectivity index (χ0v) is 20.0. The molecule has 0 aliphatic heterocycles. The molecular formula is C24H28N4O4S. The van der Waals surface area contributed by atoms with Gasteiger partial charge >= 0.3 is 0 Å². The number of carbonyl (C=O) groups is 1. The van der Waals surface area contributed by atoms with E-state index < -0.39 is 5.25 Å². The molecule has 174 valence electrons. The second-order valence-corrected chi connectivity index (χ2v) is 8.46. The van der Waals surface area contributed by atoms with Crippen LogP contribution in [0.2, 0.25) is 0 Å². The number of nitrogens with one attached hydrogen (secondary N) is 1. The van der Waals surface area contributed by atoms with E-state index in [-0.39, 0.29) is 12.0 Å². The van der Waals surface area contributed by atoms with Crippen molar-refractivity contribution in [3.63, 3.8) is 0 Å². The molecule has 1 aromatic heterocycles. The van der Waals surface area contributed by atoms with Crippen molar-refractivity contribution >= 4 is 23.4 Å². The molecule has 8 nitrogen and oxygen atoms in total. The van der Waals surface area contributed by atoms with Gasteiger partial charge in [-0.25, -0.2) is 0 Å². The van der Waals surface area contributed by atoms with Crippen molar-refractivity contribution in [3.05, 3.63) is 67.0 Å². The Hall–Kier alpha value is -3.46. The molecule has 0 bridgehead atoms. The molecule has 3 aromatic rings. The standard InChI is InChI=1S/C24H28N4O4S/c1-6-14-28-22(16(2)32-21-9-7-8-20(15-21)31-5)26-27-24(28)33-17(3)23(29)25-18-10-12-19(30-4)13-11-18/h6-13,15-17H,1,14H2,2-5H3,(H,25,29). The maximum absolute atomic E-state index is 12.7. The van der Waals surface area contributed by atoms with Crippen molar-refractivity contribution in [2.45, 2.75) is 36.9 Å². The van der Waals surface area contributed by atoms with Gasteiger partial charge in [0.1, 0.15) is 17.2 Å². The summed E-state index contributed by atoms with van der Waals surface area (Å²) in [4.78, 5) is 12.7. The molecule has 0 aliphatic carbocycles. The van der Waals surface area contributed by atoms with E-state index in [9.17, 15) is 4.79 Å². The third-order valence-corrected chi connectivity index (χ3v) is 5.86. The second kappa shape index (κ2) is 11.4. The van der Waals surface area contributed by atoms with Crippen LogP contribution < -0.4 is 19.5 Å². The molecule has 2 aromatic carbocycles. The van der Waals surface area contributed by atoms with Crippen LogP contribution in [0.25, 0.3) is 0 Å². The van der Waals surface area contributed by atoms with Crippen molar-refractivity contribution < 1.29 is 19.0 Å². The SMILES string of the molecule is C=CCn1c(SC(C)C(=O)Nc2ccc(OC)cc2)nnc1C(C)Oc1cccc(OC)c1. The van der Waals surface area contributed by atoms with Gasteiger partial charge in [0, 0.05) is 18.3 Å². The number of methoxy groups -OCH3 is 2. The number of amides is 1. The van der Waals surface area contributed by atoms with E-state index in [0.29, 0.717) is 34.7 Å². The predicted molar refractivity (Wildman–Crippen MR) is 129 cm³/mol. The zero-order chi connectivity index (χ0) is 23.8. The molecule has 0 saturated carbocycles. The minimum absolute atomic E-state index is 0.138. The smallest absolute Gasteiger partial charge is 0.237 e. The number of thioether (sulfide) groups is 1. The number of aromatic nitrogens is 3. The normalized spacial score (nSPS) is 12.5. The number of hydrogen-bond donors (Lipinski definition) is 1. The summed E-state index contributed by atoms with van der Waals surface area (Å²) >= 11 is 1.33. The quantitative estimate of drug-likeness (QED) is 0.321. The second-order valence-electron chi connectivity index (χ2n) is 7.16. The third-order valence-electron chi connectivity index (χ3n) is 4.78. The van der Waals surface area contributed by atoms with Gasteiger partial charge in [0.05, 0.1) is 19.5 Å². The highest BCUT2D eigenvalue weighted by atomic mass is 32.2. The fourth-order valence-electron chi connectivity index (χ4n) is 3.05. The van der Waals surface area contributed by atoms with Gasteiger partial charge in [0.2, 0.25) is 5.91 Å². The Morgan fingerprint density at radius 2 is 1.79 bits per heavy atom. The fraction of sp³-hybridized carbons (Fsp3) is 0.292. The van der Waals surface area contributed by atoms with E-state index in [1.165, 1.54) is 11.8 Å². The van der Waals surface area contributed by atoms with Gasteiger partial charge in [-0.05, 0) is 50.2 Å². The summed E-state index contributed by atoms with van der Waals surface area (Å²) < 4.78 is 18.4. The molecule has 0 fully saturated rings. The van der Waals surface area contributed by atoms with Crippen LogP contribution in [0, 0.1) is 0 Å². The largest absolute Gasteiger partial charge is 0.497 e. The first-order chi connectivity index (χ1) is 15.9. The van der Waals surface area contributed by atoms with Crippen LogP contribution in [-0.4, -0.2) is 40.1 Å². The molecule has 0 aliphatic rings. The van der Waals surface area contributed by atoms with Crippen molar-refractivity contribution in [1.82, 2.24) is 14.8 Å². The summed E-state index contributed by atoms with van der Waals surface area (Å²) in [6.07, 6.45) is 1.39. The molecule has 2 atom stereocenters. The average molecular weight is 469 g/mol. The molecule has 0 saturated heterocycles. The predicted octanol–water partition coefficient (Wildman–Crippen LogP) is 4.74. The maximum atomic E-state index is 12.7. The summed E-state index contributed by atoms with van der Waals surface area (Å²) in [5, 5.41) is 11.8. The van der Waals surface area contributed by atoms with E-state index in [4.69, 9.17) is 14.2 Å². The Kier molecular flexibility index (Phi) is 8.37. The first-order valence-electron chi connectivity index (χ1n) is 10.4. The van der Waals surface area contributed by atoms with Gasteiger partial charge in [-0.3, -0.25) is 9.36 Å². The highest BCUT2D eigenvalue weighted by Gasteiger charge is 2.23. The third kappa shape index (κ3) is 6.29. The van der Waals surface area contributed by atoms with E-state index in [1.807, 2.05) is 42.7 Å². The molecule has 3 rings (SSSR count). The highest BCUT2D eigenvalue weighted by Crippen LogP contribution is 2.29. The summed E-state index contributed by atoms with van der Waals surface area (Å²) in [6, 6.07) is 14.6. The summed E-state index contributed by atoms with van der Waals surface area (Å²) in [5.41, 5.74) is 0.696. The molecule has 1 amide bonds. The summed E-state index contributed by atoms with van der Waals surface area (Å²) in [5.74, 6) is 2.60. The van der Waals surface area contributed by atoms with Crippen LogP contribution in [0.1, 0.15) is 25.8 Å². The first kappa shape index (κ1) is 24.2. The summed E-state index contributed by atoms with van der Waals surface area (Å²) in [7, 11) is 3.21. The number of allylic oxidation sites excluding steroid dienone is 1. The number of ether oxygens (including phenoxy) is 3.